The zero-order valence-corrected chi connectivity index (χ0v) is 15.6. The Labute approximate surface area is 145 Å². The molecule has 4 nitrogen and oxygen atoms in total. The van der Waals surface area contributed by atoms with Gasteiger partial charge in [-0.3, -0.25) is 4.79 Å². The summed E-state index contributed by atoms with van der Waals surface area (Å²) in [5.74, 6) is 1.56. The van der Waals surface area contributed by atoms with Gasteiger partial charge in [0.15, 0.2) is 6.10 Å². The van der Waals surface area contributed by atoms with E-state index in [4.69, 9.17) is 4.74 Å². The number of rotatable bonds is 5. The van der Waals surface area contributed by atoms with Gasteiger partial charge in [0.1, 0.15) is 5.75 Å². The van der Waals surface area contributed by atoms with Gasteiger partial charge < -0.3 is 14.7 Å². The Morgan fingerprint density at radius 1 is 1.21 bits per heavy atom. The van der Waals surface area contributed by atoms with Crippen LogP contribution in [0.1, 0.15) is 57.6 Å². The van der Waals surface area contributed by atoms with E-state index in [9.17, 15) is 9.90 Å². The summed E-state index contributed by atoms with van der Waals surface area (Å²) in [4.78, 5) is 14.5. The number of carbonyl (C=O) groups is 1. The number of benzene rings is 1. The first kappa shape index (κ1) is 18.8. The molecule has 0 aliphatic carbocycles. The van der Waals surface area contributed by atoms with Gasteiger partial charge in [-0.2, -0.15) is 0 Å². The maximum absolute atomic E-state index is 12.6. The topological polar surface area (TPSA) is 49.8 Å². The van der Waals surface area contributed by atoms with Crippen LogP contribution in [0, 0.1) is 12.8 Å². The number of ether oxygens (including phenoxy) is 1. The van der Waals surface area contributed by atoms with E-state index in [2.05, 4.69) is 26.0 Å². The molecule has 1 saturated heterocycles. The molecule has 1 N–H and O–H groups in total. The molecule has 4 heteroatoms. The zero-order valence-electron chi connectivity index (χ0n) is 15.6. The second-order valence-electron chi connectivity index (χ2n) is 7.34. The van der Waals surface area contributed by atoms with Crippen molar-refractivity contribution in [1.82, 2.24) is 4.90 Å². The zero-order chi connectivity index (χ0) is 17.9. The van der Waals surface area contributed by atoms with Crippen molar-refractivity contribution in [1.29, 1.82) is 0 Å². The highest BCUT2D eigenvalue weighted by Crippen LogP contribution is 2.26. The Kier molecular flexibility index (Phi) is 6.27. The van der Waals surface area contributed by atoms with Gasteiger partial charge in [0.05, 0.1) is 6.10 Å². The number of hydrogen-bond donors (Lipinski definition) is 1. The molecule has 0 aromatic heterocycles. The highest BCUT2D eigenvalue weighted by atomic mass is 16.5. The number of likely N-dealkylation sites (tertiary alicyclic amines) is 1. The van der Waals surface area contributed by atoms with Gasteiger partial charge in [0.25, 0.3) is 5.91 Å². The van der Waals surface area contributed by atoms with Crippen LogP contribution in [-0.4, -0.2) is 41.2 Å². The fourth-order valence-corrected chi connectivity index (χ4v) is 3.20. The minimum atomic E-state index is -0.491. The third-order valence-corrected chi connectivity index (χ3v) is 5.06. The van der Waals surface area contributed by atoms with Gasteiger partial charge in [-0.1, -0.05) is 26.0 Å². The van der Waals surface area contributed by atoms with Crippen LogP contribution >= 0.6 is 0 Å². The van der Waals surface area contributed by atoms with Gasteiger partial charge in [-0.15, -0.1) is 0 Å². The highest BCUT2D eigenvalue weighted by molar-refractivity contribution is 5.81. The number of amides is 1. The van der Waals surface area contributed by atoms with Gasteiger partial charge >= 0.3 is 0 Å². The third kappa shape index (κ3) is 4.50. The SMILES string of the molecule is Cc1ccc(C(C)C)cc1OC(C)C(=O)N1CCC(C(C)O)CC1. The van der Waals surface area contributed by atoms with Crippen molar-refractivity contribution in [2.45, 2.75) is 65.6 Å². The number of aryl methyl sites for hydroxylation is 1. The van der Waals surface area contributed by atoms with E-state index in [0.29, 0.717) is 24.9 Å². The Hall–Kier alpha value is -1.55. The van der Waals surface area contributed by atoms with Crippen LogP contribution in [0.15, 0.2) is 18.2 Å². The second-order valence-corrected chi connectivity index (χ2v) is 7.34. The minimum absolute atomic E-state index is 0.0355. The van der Waals surface area contributed by atoms with Crippen molar-refractivity contribution >= 4 is 5.91 Å². The van der Waals surface area contributed by atoms with E-state index < -0.39 is 6.10 Å². The van der Waals surface area contributed by atoms with Crippen molar-refractivity contribution in [3.8, 4) is 5.75 Å². The van der Waals surface area contributed by atoms with Crippen molar-refractivity contribution in [3.05, 3.63) is 29.3 Å². The van der Waals surface area contributed by atoms with E-state index in [1.165, 1.54) is 5.56 Å². The molecule has 0 spiro atoms. The normalized spacial score (nSPS) is 18.5. The fourth-order valence-electron chi connectivity index (χ4n) is 3.20. The van der Waals surface area contributed by atoms with E-state index in [-0.39, 0.29) is 12.0 Å². The smallest absolute Gasteiger partial charge is 0.263 e. The summed E-state index contributed by atoms with van der Waals surface area (Å²) < 4.78 is 5.98. The average Bonchev–Trinajstić information content (AvgIpc) is 2.55. The van der Waals surface area contributed by atoms with Crippen molar-refractivity contribution in [2.75, 3.05) is 13.1 Å². The van der Waals surface area contributed by atoms with Crippen molar-refractivity contribution in [2.24, 2.45) is 5.92 Å². The number of nitrogens with zero attached hydrogens (tertiary/aromatic N) is 1. The molecule has 24 heavy (non-hydrogen) atoms. The van der Waals surface area contributed by atoms with E-state index in [0.717, 1.165) is 24.2 Å². The third-order valence-electron chi connectivity index (χ3n) is 5.06. The van der Waals surface area contributed by atoms with Gasteiger partial charge in [0.2, 0.25) is 0 Å². The lowest BCUT2D eigenvalue weighted by Crippen LogP contribution is -2.46. The minimum Gasteiger partial charge on any atom is -0.481 e. The van der Waals surface area contributed by atoms with Crippen LogP contribution in [-0.2, 0) is 4.79 Å². The van der Waals surface area contributed by atoms with Gasteiger partial charge in [-0.25, -0.2) is 0 Å². The Bertz CT molecular complexity index is 560. The predicted octanol–water partition coefficient (Wildman–Crippen LogP) is 3.51. The molecule has 1 aromatic carbocycles. The van der Waals surface area contributed by atoms with Crippen LogP contribution in [0.2, 0.25) is 0 Å². The van der Waals surface area contributed by atoms with E-state index in [1.54, 1.807) is 0 Å². The molecule has 0 bridgehead atoms. The monoisotopic (exact) mass is 333 g/mol. The predicted molar refractivity (Wildman–Crippen MR) is 96.3 cm³/mol. The van der Waals surface area contributed by atoms with Crippen molar-refractivity contribution in [3.63, 3.8) is 0 Å². The Morgan fingerprint density at radius 2 is 1.83 bits per heavy atom. The van der Waals surface area contributed by atoms with Crippen LogP contribution in [0.3, 0.4) is 0 Å². The number of carbonyl (C=O) groups excluding carboxylic acids is 1. The summed E-state index contributed by atoms with van der Waals surface area (Å²) in [5.41, 5.74) is 2.26. The van der Waals surface area contributed by atoms with E-state index in [1.807, 2.05) is 31.7 Å². The van der Waals surface area contributed by atoms with Gasteiger partial charge in [0, 0.05) is 13.1 Å². The molecule has 2 unspecified atom stereocenters. The lowest BCUT2D eigenvalue weighted by Gasteiger charge is -2.34. The second kappa shape index (κ2) is 8.02. The highest BCUT2D eigenvalue weighted by Gasteiger charge is 2.28. The fraction of sp³-hybridized carbons (Fsp3) is 0.650. The molecular formula is C20H31NO3. The maximum atomic E-state index is 12.6. The summed E-state index contributed by atoms with van der Waals surface area (Å²) in [6, 6.07) is 6.21. The van der Waals surface area contributed by atoms with Crippen LogP contribution in [0.4, 0.5) is 0 Å². The first-order valence-electron chi connectivity index (χ1n) is 9.03. The summed E-state index contributed by atoms with van der Waals surface area (Å²) in [7, 11) is 0. The first-order valence-corrected chi connectivity index (χ1v) is 9.03. The van der Waals surface area contributed by atoms with E-state index >= 15 is 0 Å². The van der Waals surface area contributed by atoms with Crippen LogP contribution in [0.25, 0.3) is 0 Å². The molecule has 1 aliphatic heterocycles. The molecule has 1 fully saturated rings. The molecule has 0 radical (unpaired) electrons. The molecule has 1 aromatic rings. The summed E-state index contributed by atoms with van der Waals surface area (Å²) in [5, 5.41) is 9.68. The Balaban J connectivity index is 1.98. The van der Waals surface area contributed by atoms with Gasteiger partial charge in [-0.05, 0) is 62.6 Å². The molecule has 134 valence electrons. The quantitative estimate of drug-likeness (QED) is 0.897. The molecule has 2 atom stereocenters. The average molecular weight is 333 g/mol. The summed E-state index contributed by atoms with van der Waals surface area (Å²) >= 11 is 0. The molecular weight excluding hydrogens is 302 g/mol. The number of aliphatic hydroxyl groups is 1. The lowest BCUT2D eigenvalue weighted by molar-refractivity contribution is -0.139. The number of hydrogen-bond acceptors (Lipinski definition) is 3. The van der Waals surface area contributed by atoms with Crippen molar-refractivity contribution < 1.29 is 14.6 Å². The summed E-state index contributed by atoms with van der Waals surface area (Å²) in [6.07, 6.45) is 0.933. The largest absolute Gasteiger partial charge is 0.481 e. The summed E-state index contributed by atoms with van der Waals surface area (Å²) in [6.45, 7) is 11.4. The lowest BCUT2D eigenvalue weighted by atomic mass is 9.92. The molecule has 1 aliphatic rings. The Morgan fingerprint density at radius 3 is 2.38 bits per heavy atom. The first-order chi connectivity index (χ1) is 11.3. The molecule has 1 heterocycles. The molecule has 2 rings (SSSR count). The van der Waals surface area contributed by atoms with Crippen LogP contribution in [0.5, 0.6) is 5.75 Å². The standard InChI is InChI=1S/C20H31NO3/c1-13(2)18-7-6-14(3)19(12-18)24-16(5)20(23)21-10-8-17(9-11-21)15(4)22/h6-7,12-13,15-17,22H,8-11H2,1-5H3. The molecule has 0 saturated carbocycles. The number of aliphatic hydroxyl groups excluding tert-OH is 1. The van der Waals surface area contributed by atoms with Crippen LogP contribution < -0.4 is 4.74 Å². The molecule has 1 amide bonds. The maximum Gasteiger partial charge on any atom is 0.263 e. The number of piperidine rings is 1.